The van der Waals surface area contributed by atoms with Crippen molar-refractivity contribution in [2.45, 2.75) is 30.5 Å². The predicted octanol–water partition coefficient (Wildman–Crippen LogP) is 1.14. The largest absolute Gasteiger partial charge is 0.471 e. The second-order valence-corrected chi connectivity index (χ2v) is 6.16. The first-order valence-electron chi connectivity index (χ1n) is 6.07. The minimum atomic E-state index is -4.93. The molecule has 6 nitrogen and oxygen atoms in total. The summed E-state index contributed by atoms with van der Waals surface area (Å²) in [6.45, 7) is 1.42. The molecule has 1 rings (SSSR count). The highest BCUT2D eigenvalue weighted by atomic mass is 32.2. The minimum Gasteiger partial charge on any atom is -0.345 e. The molecule has 0 spiro atoms. The summed E-state index contributed by atoms with van der Waals surface area (Å²) < 4.78 is 59.5. The van der Waals surface area contributed by atoms with Gasteiger partial charge >= 0.3 is 12.1 Å². The lowest BCUT2D eigenvalue weighted by Gasteiger charge is -2.15. The standard InChI is InChI=1S/C12H15F3N2O4S/c1-8(16-11(18)12(13,14)15)7-9-3-5-10(6-4-9)22(19,20)17-21-2/h3-6,8,17H,7H2,1-2H3,(H,16,18)/t8-/m1/s1. The first-order chi connectivity index (χ1) is 10.1. The van der Waals surface area contributed by atoms with Gasteiger partial charge in [0, 0.05) is 6.04 Å². The Balaban J connectivity index is 2.71. The molecule has 0 saturated heterocycles. The van der Waals surface area contributed by atoms with Crippen molar-refractivity contribution in [2.24, 2.45) is 0 Å². The molecule has 0 saturated carbocycles. The maximum atomic E-state index is 12.1. The Morgan fingerprint density at radius 2 is 1.82 bits per heavy atom. The molecule has 0 radical (unpaired) electrons. The summed E-state index contributed by atoms with van der Waals surface area (Å²) in [5.41, 5.74) is 0.575. The van der Waals surface area contributed by atoms with Crippen molar-refractivity contribution < 1.29 is 31.2 Å². The van der Waals surface area contributed by atoms with Crippen LogP contribution in [0.5, 0.6) is 0 Å². The van der Waals surface area contributed by atoms with Gasteiger partial charge in [-0.3, -0.25) is 9.63 Å². The number of nitrogens with one attached hydrogen (secondary N) is 2. The number of rotatable bonds is 6. The molecule has 124 valence electrons. The third kappa shape index (κ3) is 5.28. The quantitative estimate of drug-likeness (QED) is 0.761. The summed E-state index contributed by atoms with van der Waals surface area (Å²) in [5.74, 6) is -2.01. The van der Waals surface area contributed by atoms with Gasteiger partial charge in [-0.2, -0.15) is 13.2 Å². The molecule has 1 atom stereocenters. The topological polar surface area (TPSA) is 84.5 Å². The summed E-state index contributed by atoms with van der Waals surface area (Å²) in [6.07, 6.45) is -4.81. The number of sulfonamides is 1. The third-order valence-corrected chi connectivity index (χ3v) is 3.88. The number of alkyl halides is 3. The number of halogens is 3. The van der Waals surface area contributed by atoms with Crippen LogP contribution in [0.3, 0.4) is 0 Å². The maximum absolute atomic E-state index is 12.1. The summed E-state index contributed by atoms with van der Waals surface area (Å²) in [5, 5.41) is 1.82. The number of carbonyl (C=O) groups excluding carboxylic acids is 1. The molecule has 0 heterocycles. The van der Waals surface area contributed by atoms with Gasteiger partial charge in [-0.1, -0.05) is 17.0 Å². The Kier molecular flexibility index (Phi) is 5.92. The zero-order valence-electron chi connectivity index (χ0n) is 11.8. The lowest BCUT2D eigenvalue weighted by Crippen LogP contribution is -2.42. The van der Waals surface area contributed by atoms with E-state index in [0.29, 0.717) is 5.56 Å². The first kappa shape index (κ1) is 18.4. The van der Waals surface area contributed by atoms with Crippen LogP contribution in [0.4, 0.5) is 13.2 Å². The number of amides is 1. The summed E-state index contributed by atoms with van der Waals surface area (Å²) in [7, 11) is -2.63. The fourth-order valence-electron chi connectivity index (χ4n) is 1.67. The van der Waals surface area contributed by atoms with Crippen molar-refractivity contribution in [1.29, 1.82) is 0 Å². The van der Waals surface area contributed by atoms with Crippen LogP contribution in [0.2, 0.25) is 0 Å². The van der Waals surface area contributed by atoms with Crippen LogP contribution in [0, 0.1) is 0 Å². The van der Waals surface area contributed by atoms with Crippen LogP contribution >= 0.6 is 0 Å². The predicted molar refractivity (Wildman–Crippen MR) is 71.1 cm³/mol. The van der Waals surface area contributed by atoms with E-state index >= 15 is 0 Å². The van der Waals surface area contributed by atoms with Crippen LogP contribution in [0.25, 0.3) is 0 Å². The number of hydrogen-bond donors (Lipinski definition) is 2. The monoisotopic (exact) mass is 340 g/mol. The molecule has 1 aromatic carbocycles. The van der Waals surface area contributed by atoms with E-state index in [4.69, 9.17) is 0 Å². The molecule has 0 aliphatic heterocycles. The molecule has 10 heteroatoms. The van der Waals surface area contributed by atoms with Gasteiger partial charge in [0.05, 0.1) is 12.0 Å². The van der Waals surface area contributed by atoms with Crippen LogP contribution in [0.1, 0.15) is 12.5 Å². The van der Waals surface area contributed by atoms with Crippen molar-refractivity contribution in [3.05, 3.63) is 29.8 Å². The van der Waals surface area contributed by atoms with Gasteiger partial charge < -0.3 is 5.32 Å². The van der Waals surface area contributed by atoms with Crippen LogP contribution in [-0.2, 0) is 26.1 Å². The molecule has 0 aliphatic rings. The second-order valence-electron chi connectivity index (χ2n) is 4.51. The Morgan fingerprint density at radius 1 is 1.27 bits per heavy atom. The van der Waals surface area contributed by atoms with E-state index < -0.39 is 28.1 Å². The van der Waals surface area contributed by atoms with E-state index in [0.717, 1.165) is 7.11 Å². The zero-order valence-corrected chi connectivity index (χ0v) is 12.6. The Bertz CT molecular complexity index is 614. The van der Waals surface area contributed by atoms with Gasteiger partial charge in [0.1, 0.15) is 0 Å². The SMILES string of the molecule is CONS(=O)(=O)c1ccc(C[C@@H](C)NC(=O)C(F)(F)F)cc1. The van der Waals surface area contributed by atoms with E-state index in [-0.39, 0.29) is 11.3 Å². The van der Waals surface area contributed by atoms with E-state index in [9.17, 15) is 26.4 Å². The summed E-state index contributed by atoms with van der Waals surface area (Å²) >= 11 is 0. The average Bonchev–Trinajstić information content (AvgIpc) is 2.37. The maximum Gasteiger partial charge on any atom is 0.471 e. The lowest BCUT2D eigenvalue weighted by molar-refractivity contribution is -0.174. The van der Waals surface area contributed by atoms with E-state index in [1.54, 1.807) is 0 Å². The van der Waals surface area contributed by atoms with Gasteiger partial charge in [-0.15, -0.1) is 0 Å². The molecular weight excluding hydrogens is 325 g/mol. The smallest absolute Gasteiger partial charge is 0.345 e. The number of hydrogen-bond acceptors (Lipinski definition) is 4. The van der Waals surface area contributed by atoms with Crippen molar-refractivity contribution >= 4 is 15.9 Å². The normalized spacial score (nSPS) is 13.7. The van der Waals surface area contributed by atoms with Crippen molar-refractivity contribution in [3.8, 4) is 0 Å². The molecule has 2 N–H and O–H groups in total. The molecule has 0 fully saturated rings. The highest BCUT2D eigenvalue weighted by molar-refractivity contribution is 7.89. The minimum absolute atomic E-state index is 0.0509. The molecule has 1 aromatic rings. The fraction of sp³-hybridized carbons (Fsp3) is 0.417. The Labute approximate surface area is 125 Å². The van der Waals surface area contributed by atoms with Gasteiger partial charge in [0.25, 0.3) is 10.0 Å². The molecular formula is C12H15F3N2O4S. The van der Waals surface area contributed by atoms with Gasteiger partial charge in [-0.25, -0.2) is 8.42 Å². The van der Waals surface area contributed by atoms with E-state index in [2.05, 4.69) is 4.84 Å². The zero-order chi connectivity index (χ0) is 17.0. The van der Waals surface area contributed by atoms with Gasteiger partial charge in [-0.05, 0) is 31.0 Å². The summed E-state index contributed by atoms with van der Waals surface area (Å²) in [6, 6.07) is 4.71. The average molecular weight is 340 g/mol. The fourth-order valence-corrected chi connectivity index (χ4v) is 2.48. The molecule has 0 aliphatic carbocycles. The molecule has 1 amide bonds. The lowest BCUT2D eigenvalue weighted by atomic mass is 10.1. The highest BCUT2D eigenvalue weighted by Gasteiger charge is 2.39. The Morgan fingerprint density at radius 3 is 2.27 bits per heavy atom. The third-order valence-electron chi connectivity index (χ3n) is 2.60. The first-order valence-corrected chi connectivity index (χ1v) is 7.56. The van der Waals surface area contributed by atoms with Gasteiger partial charge in [0.2, 0.25) is 0 Å². The van der Waals surface area contributed by atoms with E-state index in [1.807, 2.05) is 10.2 Å². The molecule has 22 heavy (non-hydrogen) atoms. The van der Waals surface area contributed by atoms with E-state index in [1.165, 1.54) is 31.2 Å². The van der Waals surface area contributed by atoms with Crippen molar-refractivity contribution in [3.63, 3.8) is 0 Å². The number of carbonyl (C=O) groups is 1. The van der Waals surface area contributed by atoms with Gasteiger partial charge in [0.15, 0.2) is 0 Å². The molecule has 0 bridgehead atoms. The van der Waals surface area contributed by atoms with Crippen LogP contribution in [0.15, 0.2) is 29.2 Å². The Hall–Kier alpha value is -1.65. The molecule has 0 aromatic heterocycles. The van der Waals surface area contributed by atoms with Crippen molar-refractivity contribution in [1.82, 2.24) is 10.2 Å². The highest BCUT2D eigenvalue weighted by Crippen LogP contribution is 2.16. The number of benzene rings is 1. The van der Waals surface area contributed by atoms with Crippen LogP contribution < -0.4 is 10.2 Å². The molecule has 0 unspecified atom stereocenters. The van der Waals surface area contributed by atoms with Crippen molar-refractivity contribution in [2.75, 3.05) is 7.11 Å². The van der Waals surface area contributed by atoms with Crippen LogP contribution in [-0.4, -0.2) is 33.7 Å². The second kappa shape index (κ2) is 7.07. The summed E-state index contributed by atoms with van der Waals surface area (Å²) in [4.78, 5) is 16.9.